The normalized spacial score (nSPS) is 23.6. The molecule has 0 spiro atoms. The number of morpholine rings is 1. The van der Waals surface area contributed by atoms with Gasteiger partial charge in [-0.25, -0.2) is 0 Å². The molecule has 0 amide bonds. The fourth-order valence-electron chi connectivity index (χ4n) is 1.83. The lowest BCUT2D eigenvalue weighted by atomic mass is 10.1. The Balaban J connectivity index is 2.33. The summed E-state index contributed by atoms with van der Waals surface area (Å²) < 4.78 is 5.36. The van der Waals surface area contributed by atoms with Crippen LogP contribution in [-0.4, -0.2) is 48.3 Å². The van der Waals surface area contributed by atoms with Gasteiger partial charge >= 0.3 is 5.97 Å². The van der Waals surface area contributed by atoms with Crippen molar-refractivity contribution in [1.29, 1.82) is 0 Å². The smallest absolute Gasteiger partial charge is 0.303 e. The number of carboxylic acids is 1. The number of hydrogen-bond acceptors (Lipinski definition) is 3. The summed E-state index contributed by atoms with van der Waals surface area (Å²) in [7, 11) is 0. The van der Waals surface area contributed by atoms with Crippen LogP contribution in [0.25, 0.3) is 0 Å². The number of carboxylic acid groups (broad SMARTS) is 1. The number of hydrogen-bond donors (Lipinski definition) is 1. The highest BCUT2D eigenvalue weighted by molar-refractivity contribution is 5.66. The first-order valence-corrected chi connectivity index (χ1v) is 5.27. The zero-order chi connectivity index (χ0) is 10.4. The average Bonchev–Trinajstić information content (AvgIpc) is 2.17. The molecule has 1 rings (SSSR count). The van der Waals surface area contributed by atoms with Crippen molar-refractivity contribution in [2.45, 2.75) is 32.2 Å². The second kappa shape index (κ2) is 5.98. The molecular weight excluding hydrogens is 182 g/mol. The molecule has 0 bridgehead atoms. The highest BCUT2D eigenvalue weighted by Crippen LogP contribution is 2.12. The van der Waals surface area contributed by atoms with E-state index in [4.69, 9.17) is 9.84 Å². The molecule has 1 aliphatic rings. The zero-order valence-corrected chi connectivity index (χ0v) is 8.74. The minimum absolute atomic E-state index is 0.244. The van der Waals surface area contributed by atoms with Crippen LogP contribution in [0.5, 0.6) is 0 Å². The van der Waals surface area contributed by atoms with E-state index in [-0.39, 0.29) is 6.42 Å². The first-order chi connectivity index (χ1) is 6.74. The second-order valence-corrected chi connectivity index (χ2v) is 3.70. The van der Waals surface area contributed by atoms with Crippen molar-refractivity contribution in [1.82, 2.24) is 4.90 Å². The summed E-state index contributed by atoms with van der Waals surface area (Å²) in [6.45, 7) is 5.60. The number of aliphatic carboxylic acids is 1. The van der Waals surface area contributed by atoms with Crippen LogP contribution in [0.2, 0.25) is 0 Å². The van der Waals surface area contributed by atoms with Crippen molar-refractivity contribution < 1.29 is 14.6 Å². The number of nitrogens with zero attached hydrogens (tertiary/aromatic N) is 1. The van der Waals surface area contributed by atoms with Gasteiger partial charge in [0.15, 0.2) is 0 Å². The summed E-state index contributed by atoms with van der Waals surface area (Å²) in [5.74, 6) is -0.716. The Morgan fingerprint density at radius 2 is 2.43 bits per heavy atom. The quantitative estimate of drug-likeness (QED) is 0.720. The first kappa shape index (κ1) is 11.5. The monoisotopic (exact) mass is 201 g/mol. The lowest BCUT2D eigenvalue weighted by molar-refractivity contribution is -0.137. The summed E-state index contributed by atoms with van der Waals surface area (Å²) in [6, 6.07) is 0.305. The van der Waals surface area contributed by atoms with Crippen molar-refractivity contribution >= 4 is 5.97 Å². The molecule has 14 heavy (non-hydrogen) atoms. The van der Waals surface area contributed by atoms with Gasteiger partial charge in [-0.3, -0.25) is 9.69 Å². The molecular formula is C10H19NO3. The van der Waals surface area contributed by atoms with E-state index in [0.29, 0.717) is 19.1 Å². The summed E-state index contributed by atoms with van der Waals surface area (Å²) in [5, 5.41) is 8.60. The highest BCUT2D eigenvalue weighted by Gasteiger charge is 2.22. The Morgan fingerprint density at radius 3 is 3.07 bits per heavy atom. The topological polar surface area (TPSA) is 49.8 Å². The molecule has 0 aliphatic carbocycles. The van der Waals surface area contributed by atoms with Gasteiger partial charge in [-0.05, 0) is 19.4 Å². The minimum atomic E-state index is -0.716. The van der Waals surface area contributed by atoms with Gasteiger partial charge in [0, 0.05) is 19.0 Å². The standard InChI is InChI=1S/C10H19NO3/c1-2-5-11-6-7-14-8-9(11)3-4-10(12)13/h9H,2-8H2,1H3,(H,12,13). The fourth-order valence-corrected chi connectivity index (χ4v) is 1.83. The van der Waals surface area contributed by atoms with Crippen molar-refractivity contribution in [3.63, 3.8) is 0 Å². The molecule has 0 aromatic carbocycles. The Morgan fingerprint density at radius 1 is 1.64 bits per heavy atom. The van der Waals surface area contributed by atoms with Crippen molar-refractivity contribution in [3.05, 3.63) is 0 Å². The van der Waals surface area contributed by atoms with E-state index in [1.807, 2.05) is 0 Å². The van der Waals surface area contributed by atoms with Crippen LogP contribution in [0.3, 0.4) is 0 Å². The maximum atomic E-state index is 10.4. The van der Waals surface area contributed by atoms with Gasteiger partial charge in [-0.15, -0.1) is 0 Å². The summed E-state index contributed by atoms with van der Waals surface area (Å²) in [4.78, 5) is 12.8. The Bertz CT molecular complexity index is 182. The van der Waals surface area contributed by atoms with Gasteiger partial charge in [0.25, 0.3) is 0 Å². The third-order valence-electron chi connectivity index (χ3n) is 2.55. The van der Waals surface area contributed by atoms with E-state index in [9.17, 15) is 4.79 Å². The molecule has 1 fully saturated rings. The van der Waals surface area contributed by atoms with Crippen LogP contribution in [0.15, 0.2) is 0 Å². The summed E-state index contributed by atoms with van der Waals surface area (Å²) >= 11 is 0. The molecule has 1 aliphatic heterocycles. The van der Waals surface area contributed by atoms with E-state index in [1.54, 1.807) is 0 Å². The molecule has 0 radical (unpaired) electrons. The van der Waals surface area contributed by atoms with E-state index < -0.39 is 5.97 Å². The summed E-state index contributed by atoms with van der Waals surface area (Å²) in [6.07, 6.45) is 2.06. The third kappa shape index (κ3) is 3.64. The predicted octanol–water partition coefficient (Wildman–Crippen LogP) is 0.962. The van der Waals surface area contributed by atoms with Crippen LogP contribution in [0.1, 0.15) is 26.2 Å². The number of rotatable bonds is 5. The third-order valence-corrected chi connectivity index (χ3v) is 2.55. The molecule has 1 N–H and O–H groups in total. The first-order valence-electron chi connectivity index (χ1n) is 5.27. The van der Waals surface area contributed by atoms with Gasteiger partial charge in [-0.1, -0.05) is 6.92 Å². The molecule has 1 saturated heterocycles. The van der Waals surface area contributed by atoms with Crippen LogP contribution in [0, 0.1) is 0 Å². The van der Waals surface area contributed by atoms with E-state index in [0.717, 1.165) is 26.1 Å². The molecule has 0 saturated carbocycles. The van der Waals surface area contributed by atoms with Crippen LogP contribution in [-0.2, 0) is 9.53 Å². The molecule has 0 aromatic heterocycles. The van der Waals surface area contributed by atoms with Crippen molar-refractivity contribution in [2.75, 3.05) is 26.3 Å². The molecule has 82 valence electrons. The maximum Gasteiger partial charge on any atom is 0.303 e. The molecule has 0 aromatic rings. The van der Waals surface area contributed by atoms with Gasteiger partial charge in [0.1, 0.15) is 0 Å². The summed E-state index contributed by atoms with van der Waals surface area (Å²) in [5.41, 5.74) is 0. The predicted molar refractivity (Wildman–Crippen MR) is 53.3 cm³/mol. The number of ether oxygens (including phenoxy) is 1. The van der Waals surface area contributed by atoms with Gasteiger partial charge < -0.3 is 9.84 Å². The Labute approximate surface area is 84.8 Å². The lowest BCUT2D eigenvalue weighted by Gasteiger charge is -2.35. The molecule has 4 heteroatoms. The average molecular weight is 201 g/mol. The van der Waals surface area contributed by atoms with Crippen molar-refractivity contribution in [2.24, 2.45) is 0 Å². The van der Waals surface area contributed by atoms with Crippen LogP contribution in [0.4, 0.5) is 0 Å². The molecule has 1 unspecified atom stereocenters. The van der Waals surface area contributed by atoms with Crippen LogP contribution < -0.4 is 0 Å². The Kier molecular flexibility index (Phi) is 4.90. The molecule has 4 nitrogen and oxygen atoms in total. The maximum absolute atomic E-state index is 10.4. The van der Waals surface area contributed by atoms with Gasteiger partial charge in [0.05, 0.1) is 13.2 Å². The SMILES string of the molecule is CCCN1CCOCC1CCC(=O)O. The minimum Gasteiger partial charge on any atom is -0.481 e. The highest BCUT2D eigenvalue weighted by atomic mass is 16.5. The zero-order valence-electron chi connectivity index (χ0n) is 8.74. The molecule has 1 heterocycles. The Hall–Kier alpha value is -0.610. The van der Waals surface area contributed by atoms with Gasteiger partial charge in [-0.2, -0.15) is 0 Å². The lowest BCUT2D eigenvalue weighted by Crippen LogP contribution is -2.45. The van der Waals surface area contributed by atoms with E-state index >= 15 is 0 Å². The molecule has 1 atom stereocenters. The largest absolute Gasteiger partial charge is 0.481 e. The number of carbonyl (C=O) groups is 1. The van der Waals surface area contributed by atoms with Gasteiger partial charge in [0.2, 0.25) is 0 Å². The van der Waals surface area contributed by atoms with Crippen molar-refractivity contribution in [3.8, 4) is 0 Å². The second-order valence-electron chi connectivity index (χ2n) is 3.70. The fraction of sp³-hybridized carbons (Fsp3) is 0.900. The van der Waals surface area contributed by atoms with E-state index in [1.165, 1.54) is 0 Å². The van der Waals surface area contributed by atoms with E-state index in [2.05, 4.69) is 11.8 Å². The van der Waals surface area contributed by atoms with Crippen LogP contribution >= 0.6 is 0 Å².